The lowest BCUT2D eigenvalue weighted by Crippen LogP contribution is -2.42. The van der Waals surface area contributed by atoms with Crippen LogP contribution in [0.4, 0.5) is 0 Å². The molecule has 5 nitrogen and oxygen atoms in total. The van der Waals surface area contributed by atoms with Gasteiger partial charge in [0.05, 0.1) is 6.54 Å². The van der Waals surface area contributed by atoms with Crippen LogP contribution in [0.5, 0.6) is 0 Å². The minimum absolute atomic E-state index is 0.0261. The van der Waals surface area contributed by atoms with E-state index in [1.807, 2.05) is 86.6 Å². The molecule has 3 rings (SSSR count). The standard InChI is InChI=1S/C27H30N2O3/c1-3-18-28(26(30)17-15-23-10-6-4-7-11-23)21-27(31)29(19-24-12-8-5-9-13-24)20-25-16-14-22(2)32-25/h4-17H,3,18-21H2,1-2H3/b17-15+. The van der Waals surface area contributed by atoms with E-state index in [-0.39, 0.29) is 18.4 Å². The fourth-order valence-electron chi connectivity index (χ4n) is 3.43. The number of rotatable bonds is 10. The zero-order valence-electron chi connectivity index (χ0n) is 18.7. The van der Waals surface area contributed by atoms with Crippen LogP contribution in [0.25, 0.3) is 6.08 Å². The van der Waals surface area contributed by atoms with Crippen LogP contribution >= 0.6 is 0 Å². The van der Waals surface area contributed by atoms with Crippen molar-refractivity contribution in [1.29, 1.82) is 0 Å². The van der Waals surface area contributed by atoms with E-state index < -0.39 is 0 Å². The summed E-state index contributed by atoms with van der Waals surface area (Å²) in [4.78, 5) is 29.5. The maximum atomic E-state index is 13.3. The van der Waals surface area contributed by atoms with E-state index in [1.165, 1.54) is 6.08 Å². The van der Waals surface area contributed by atoms with Crippen LogP contribution < -0.4 is 0 Å². The van der Waals surface area contributed by atoms with Crippen LogP contribution in [0.1, 0.15) is 36.0 Å². The SMILES string of the molecule is CCCN(CC(=O)N(Cc1ccccc1)Cc1ccc(C)o1)C(=O)/C=C/c1ccccc1. The van der Waals surface area contributed by atoms with E-state index in [0.717, 1.165) is 29.1 Å². The lowest BCUT2D eigenvalue weighted by Gasteiger charge is -2.26. The van der Waals surface area contributed by atoms with Gasteiger partial charge in [-0.05, 0) is 42.7 Å². The molecule has 2 amide bonds. The van der Waals surface area contributed by atoms with E-state index in [4.69, 9.17) is 4.42 Å². The molecule has 0 saturated carbocycles. The Kier molecular flexibility index (Phi) is 8.44. The summed E-state index contributed by atoms with van der Waals surface area (Å²) in [6.07, 6.45) is 4.09. The van der Waals surface area contributed by atoms with Gasteiger partial charge in [-0.15, -0.1) is 0 Å². The van der Waals surface area contributed by atoms with Gasteiger partial charge in [0.25, 0.3) is 0 Å². The van der Waals surface area contributed by atoms with Gasteiger partial charge < -0.3 is 14.2 Å². The normalized spacial score (nSPS) is 10.9. The zero-order chi connectivity index (χ0) is 22.8. The predicted octanol–water partition coefficient (Wildman–Crippen LogP) is 5.07. The molecule has 0 bridgehead atoms. The molecule has 1 aromatic heterocycles. The van der Waals surface area contributed by atoms with Gasteiger partial charge >= 0.3 is 0 Å². The number of hydrogen-bond donors (Lipinski definition) is 0. The number of carbonyl (C=O) groups is 2. The molecule has 2 aromatic carbocycles. The summed E-state index contributed by atoms with van der Waals surface area (Å²) in [6, 6.07) is 23.3. The molecule has 3 aromatic rings. The molecule has 5 heteroatoms. The maximum absolute atomic E-state index is 13.3. The molecule has 0 fully saturated rings. The second-order valence-corrected chi connectivity index (χ2v) is 7.75. The van der Waals surface area contributed by atoms with Crippen LogP contribution in [-0.2, 0) is 22.7 Å². The molecule has 0 radical (unpaired) electrons. The highest BCUT2D eigenvalue weighted by Gasteiger charge is 2.21. The van der Waals surface area contributed by atoms with Crippen molar-refractivity contribution in [2.45, 2.75) is 33.4 Å². The topological polar surface area (TPSA) is 53.8 Å². The number of carbonyl (C=O) groups excluding carboxylic acids is 2. The van der Waals surface area contributed by atoms with E-state index in [2.05, 4.69) is 0 Å². The lowest BCUT2D eigenvalue weighted by molar-refractivity contribution is -0.139. The van der Waals surface area contributed by atoms with Gasteiger partial charge in [0.1, 0.15) is 18.1 Å². The molecule has 166 valence electrons. The smallest absolute Gasteiger partial charge is 0.247 e. The van der Waals surface area contributed by atoms with Crippen molar-refractivity contribution in [1.82, 2.24) is 9.80 Å². The zero-order valence-corrected chi connectivity index (χ0v) is 18.7. The molecular weight excluding hydrogens is 400 g/mol. The van der Waals surface area contributed by atoms with Crippen molar-refractivity contribution in [3.05, 3.63) is 102 Å². The highest BCUT2D eigenvalue weighted by atomic mass is 16.3. The third kappa shape index (κ3) is 6.98. The van der Waals surface area contributed by atoms with E-state index in [9.17, 15) is 9.59 Å². The molecule has 0 aliphatic rings. The maximum Gasteiger partial charge on any atom is 0.247 e. The highest BCUT2D eigenvalue weighted by molar-refractivity contribution is 5.94. The van der Waals surface area contributed by atoms with Gasteiger partial charge in [0.2, 0.25) is 11.8 Å². The summed E-state index contributed by atoms with van der Waals surface area (Å²) in [5.74, 6) is 1.25. The molecule has 0 saturated heterocycles. The Morgan fingerprint density at radius 2 is 1.56 bits per heavy atom. The van der Waals surface area contributed by atoms with Crippen LogP contribution in [-0.4, -0.2) is 34.7 Å². The third-order valence-corrected chi connectivity index (χ3v) is 5.06. The Hall–Kier alpha value is -3.60. The molecule has 0 atom stereocenters. The van der Waals surface area contributed by atoms with Crippen molar-refractivity contribution in [2.24, 2.45) is 0 Å². The summed E-state index contributed by atoms with van der Waals surface area (Å²) in [6.45, 7) is 5.23. The highest BCUT2D eigenvalue weighted by Crippen LogP contribution is 2.14. The molecule has 0 spiro atoms. The van der Waals surface area contributed by atoms with Crippen LogP contribution in [0, 0.1) is 6.92 Å². The molecule has 1 heterocycles. The average Bonchev–Trinajstić information content (AvgIpc) is 3.22. The monoisotopic (exact) mass is 430 g/mol. The fourth-order valence-corrected chi connectivity index (χ4v) is 3.43. The summed E-state index contributed by atoms with van der Waals surface area (Å²) in [5, 5.41) is 0. The Morgan fingerprint density at radius 3 is 2.19 bits per heavy atom. The largest absolute Gasteiger partial charge is 0.464 e. The summed E-state index contributed by atoms with van der Waals surface area (Å²) in [5.41, 5.74) is 1.98. The second kappa shape index (κ2) is 11.7. The first-order chi connectivity index (χ1) is 15.5. The lowest BCUT2D eigenvalue weighted by atomic mass is 10.2. The predicted molar refractivity (Wildman–Crippen MR) is 126 cm³/mol. The van der Waals surface area contributed by atoms with Gasteiger partial charge in [-0.3, -0.25) is 9.59 Å². The molecule has 0 aliphatic heterocycles. The number of aryl methyl sites for hydroxylation is 1. The summed E-state index contributed by atoms with van der Waals surface area (Å²) in [7, 11) is 0. The van der Waals surface area contributed by atoms with Crippen molar-refractivity contribution in [3.8, 4) is 0 Å². The molecule has 0 aliphatic carbocycles. The van der Waals surface area contributed by atoms with Crippen LogP contribution in [0.15, 0.2) is 83.3 Å². The average molecular weight is 431 g/mol. The summed E-state index contributed by atoms with van der Waals surface area (Å²) >= 11 is 0. The van der Waals surface area contributed by atoms with Crippen molar-refractivity contribution in [2.75, 3.05) is 13.1 Å². The number of nitrogens with zero attached hydrogens (tertiary/aromatic N) is 2. The van der Waals surface area contributed by atoms with Crippen LogP contribution in [0.2, 0.25) is 0 Å². The molecular formula is C27H30N2O3. The molecule has 0 N–H and O–H groups in total. The van der Waals surface area contributed by atoms with Gasteiger partial charge in [-0.2, -0.15) is 0 Å². The first kappa shape index (κ1) is 23.1. The third-order valence-electron chi connectivity index (χ3n) is 5.06. The number of amides is 2. The van der Waals surface area contributed by atoms with Gasteiger partial charge in [-0.1, -0.05) is 67.6 Å². The Bertz CT molecular complexity index is 1030. The number of benzene rings is 2. The first-order valence-corrected chi connectivity index (χ1v) is 10.9. The fraction of sp³-hybridized carbons (Fsp3) is 0.259. The molecule has 0 unspecified atom stereocenters. The van der Waals surface area contributed by atoms with Crippen molar-refractivity contribution < 1.29 is 14.0 Å². The van der Waals surface area contributed by atoms with Crippen molar-refractivity contribution >= 4 is 17.9 Å². The van der Waals surface area contributed by atoms with E-state index in [0.29, 0.717) is 19.6 Å². The summed E-state index contributed by atoms with van der Waals surface area (Å²) < 4.78 is 5.70. The minimum atomic E-state index is -0.169. The van der Waals surface area contributed by atoms with Gasteiger partial charge in [0.15, 0.2) is 0 Å². The Balaban J connectivity index is 1.73. The Labute approximate surface area is 190 Å². The van der Waals surface area contributed by atoms with E-state index in [1.54, 1.807) is 15.9 Å². The second-order valence-electron chi connectivity index (χ2n) is 7.75. The minimum Gasteiger partial charge on any atom is -0.464 e. The van der Waals surface area contributed by atoms with Gasteiger partial charge in [-0.25, -0.2) is 0 Å². The number of furan rings is 1. The van der Waals surface area contributed by atoms with Gasteiger partial charge in [0, 0.05) is 19.2 Å². The van der Waals surface area contributed by atoms with Crippen LogP contribution in [0.3, 0.4) is 0 Å². The van der Waals surface area contributed by atoms with E-state index >= 15 is 0 Å². The molecule has 32 heavy (non-hydrogen) atoms. The Morgan fingerprint density at radius 1 is 0.875 bits per heavy atom. The number of hydrogen-bond acceptors (Lipinski definition) is 3. The first-order valence-electron chi connectivity index (χ1n) is 10.9. The quantitative estimate of drug-likeness (QED) is 0.422. The van der Waals surface area contributed by atoms with Crippen molar-refractivity contribution in [3.63, 3.8) is 0 Å².